The Morgan fingerprint density at radius 1 is 1.21 bits per heavy atom. The van der Waals surface area contributed by atoms with Crippen LogP contribution in [0.5, 0.6) is 0 Å². The molecule has 9 nitrogen and oxygen atoms in total. The number of hydrogen-bond donors (Lipinski definition) is 1. The van der Waals surface area contributed by atoms with Gasteiger partial charge in [0.25, 0.3) is 5.69 Å². The molecule has 1 N–H and O–H groups in total. The van der Waals surface area contributed by atoms with Crippen molar-refractivity contribution in [2.24, 2.45) is 0 Å². The Balaban J connectivity index is 1.61. The van der Waals surface area contributed by atoms with Gasteiger partial charge in [-0.1, -0.05) is 30.0 Å². The second-order valence-corrected chi connectivity index (χ2v) is 7.67. The molecular formula is C19H16N6O3S. The highest BCUT2D eigenvalue weighted by Crippen LogP contribution is 2.27. The number of non-ortho nitro benzene ring substituents is 1. The molecule has 0 aliphatic carbocycles. The molecule has 0 saturated carbocycles. The van der Waals surface area contributed by atoms with Crippen LogP contribution < -0.4 is 5.32 Å². The highest BCUT2D eigenvalue weighted by molar-refractivity contribution is 8.00. The van der Waals surface area contributed by atoms with Crippen molar-refractivity contribution in [3.8, 4) is 0 Å². The molecule has 1 atom stereocenters. The largest absolute Gasteiger partial charge is 0.325 e. The zero-order valence-corrected chi connectivity index (χ0v) is 16.4. The molecule has 0 aliphatic rings. The minimum Gasteiger partial charge on any atom is -0.325 e. The number of nitro groups is 1. The summed E-state index contributed by atoms with van der Waals surface area (Å²) in [6.07, 6.45) is 0. The van der Waals surface area contributed by atoms with Crippen molar-refractivity contribution in [1.82, 2.24) is 19.6 Å². The summed E-state index contributed by atoms with van der Waals surface area (Å²) in [6, 6.07) is 13.4. The summed E-state index contributed by atoms with van der Waals surface area (Å²) in [6.45, 7) is 3.54. The zero-order chi connectivity index (χ0) is 20.5. The Bertz CT molecular complexity index is 1260. The maximum Gasteiger partial charge on any atom is 0.271 e. The second-order valence-electron chi connectivity index (χ2n) is 6.36. The third kappa shape index (κ3) is 3.74. The van der Waals surface area contributed by atoms with Gasteiger partial charge in [-0.15, -0.1) is 5.10 Å². The molecule has 0 radical (unpaired) electrons. The summed E-state index contributed by atoms with van der Waals surface area (Å²) in [5.41, 5.74) is 1.73. The Morgan fingerprint density at radius 3 is 2.79 bits per heavy atom. The number of nitrogens with one attached hydrogen (secondary N) is 1. The number of thioether (sulfide) groups is 1. The number of carbonyl (C=O) groups is 1. The fourth-order valence-electron chi connectivity index (χ4n) is 2.86. The number of amides is 1. The van der Waals surface area contributed by atoms with Crippen molar-refractivity contribution in [3.05, 3.63) is 64.5 Å². The molecule has 0 bridgehead atoms. The van der Waals surface area contributed by atoms with E-state index in [9.17, 15) is 14.9 Å². The summed E-state index contributed by atoms with van der Waals surface area (Å²) >= 11 is 1.24. The minimum absolute atomic E-state index is 0.0842. The maximum atomic E-state index is 12.6. The number of aromatic nitrogens is 4. The normalized spacial score (nSPS) is 12.2. The third-order valence-electron chi connectivity index (χ3n) is 4.23. The third-order valence-corrected chi connectivity index (χ3v) is 5.27. The lowest BCUT2D eigenvalue weighted by Crippen LogP contribution is -2.23. The molecule has 2 aromatic heterocycles. The standard InChI is InChI=1S/C19H16N6O3S/c1-11(18(26)21-13-6-5-7-14(10-13)25(27)28)29-19-22-16-9-4-3-8-15(16)17-20-12(2)23-24(17)19/h3-11H,1-2H3,(H,21,26). The van der Waals surface area contributed by atoms with Crippen LogP contribution in [0.1, 0.15) is 12.7 Å². The number of aryl methyl sites for hydroxylation is 1. The van der Waals surface area contributed by atoms with Crippen LogP contribution in [0.15, 0.2) is 53.7 Å². The van der Waals surface area contributed by atoms with E-state index < -0.39 is 10.2 Å². The van der Waals surface area contributed by atoms with Crippen LogP contribution >= 0.6 is 11.8 Å². The van der Waals surface area contributed by atoms with Gasteiger partial charge in [-0.2, -0.15) is 4.52 Å². The van der Waals surface area contributed by atoms with Gasteiger partial charge in [0.15, 0.2) is 10.8 Å². The number of nitrogens with zero attached hydrogens (tertiary/aromatic N) is 5. The monoisotopic (exact) mass is 408 g/mol. The number of hydrogen-bond acceptors (Lipinski definition) is 7. The van der Waals surface area contributed by atoms with Crippen LogP contribution in [-0.4, -0.2) is 35.7 Å². The van der Waals surface area contributed by atoms with Gasteiger partial charge in [0, 0.05) is 23.2 Å². The smallest absolute Gasteiger partial charge is 0.271 e. The lowest BCUT2D eigenvalue weighted by atomic mass is 10.2. The van der Waals surface area contributed by atoms with Crippen LogP contribution in [0.25, 0.3) is 16.6 Å². The van der Waals surface area contributed by atoms with E-state index in [0.717, 1.165) is 10.9 Å². The van der Waals surface area contributed by atoms with E-state index in [1.54, 1.807) is 24.4 Å². The fraction of sp³-hybridized carbons (Fsp3) is 0.158. The summed E-state index contributed by atoms with van der Waals surface area (Å²) < 4.78 is 1.64. The van der Waals surface area contributed by atoms with Crippen LogP contribution in [0.3, 0.4) is 0 Å². The second kappa shape index (κ2) is 7.47. The summed E-state index contributed by atoms with van der Waals surface area (Å²) in [4.78, 5) is 32.2. The fourth-order valence-corrected chi connectivity index (χ4v) is 3.72. The van der Waals surface area contributed by atoms with Gasteiger partial charge in [0.2, 0.25) is 5.91 Å². The molecule has 0 saturated heterocycles. The number of fused-ring (bicyclic) bond motifs is 3. The average Bonchev–Trinajstić information content (AvgIpc) is 3.10. The van der Waals surface area contributed by atoms with Crippen molar-refractivity contribution in [1.29, 1.82) is 0 Å². The molecule has 29 heavy (non-hydrogen) atoms. The molecular weight excluding hydrogens is 392 g/mol. The van der Waals surface area contributed by atoms with Crippen molar-refractivity contribution in [2.45, 2.75) is 24.3 Å². The Hall–Kier alpha value is -3.53. The lowest BCUT2D eigenvalue weighted by Gasteiger charge is -2.12. The van der Waals surface area contributed by atoms with Crippen molar-refractivity contribution in [3.63, 3.8) is 0 Å². The first-order chi connectivity index (χ1) is 13.9. The Labute approximate surface area is 169 Å². The molecule has 1 amide bonds. The SMILES string of the molecule is Cc1nc2c3ccccc3nc(SC(C)C(=O)Nc3cccc([N+](=O)[O-])c3)n2n1. The topological polar surface area (TPSA) is 115 Å². The Morgan fingerprint density at radius 2 is 2.00 bits per heavy atom. The van der Waals surface area contributed by atoms with Gasteiger partial charge in [-0.05, 0) is 32.0 Å². The van der Waals surface area contributed by atoms with E-state index in [1.807, 2.05) is 24.3 Å². The summed E-state index contributed by atoms with van der Waals surface area (Å²) in [5, 5.41) is 18.9. The molecule has 0 aliphatic heterocycles. The van der Waals surface area contributed by atoms with Gasteiger partial charge in [-0.25, -0.2) is 9.97 Å². The molecule has 10 heteroatoms. The van der Waals surface area contributed by atoms with Gasteiger partial charge in [0.1, 0.15) is 5.82 Å². The number of para-hydroxylation sites is 1. The quantitative estimate of drug-likeness (QED) is 0.232. The highest BCUT2D eigenvalue weighted by atomic mass is 32.2. The predicted molar refractivity (Wildman–Crippen MR) is 110 cm³/mol. The highest BCUT2D eigenvalue weighted by Gasteiger charge is 2.20. The first-order valence-corrected chi connectivity index (χ1v) is 9.64. The molecule has 4 aromatic rings. The first-order valence-electron chi connectivity index (χ1n) is 8.76. The molecule has 0 spiro atoms. The predicted octanol–water partition coefficient (Wildman–Crippen LogP) is 3.61. The maximum absolute atomic E-state index is 12.6. The van der Waals surface area contributed by atoms with Gasteiger partial charge < -0.3 is 5.32 Å². The van der Waals surface area contributed by atoms with Gasteiger partial charge in [-0.3, -0.25) is 14.9 Å². The summed E-state index contributed by atoms with van der Waals surface area (Å²) in [7, 11) is 0. The zero-order valence-electron chi connectivity index (χ0n) is 15.6. The molecule has 2 aromatic carbocycles. The first kappa shape index (κ1) is 18.8. The molecule has 2 heterocycles. The molecule has 1 unspecified atom stereocenters. The molecule has 0 fully saturated rings. The lowest BCUT2D eigenvalue weighted by molar-refractivity contribution is -0.384. The van der Waals surface area contributed by atoms with E-state index >= 15 is 0 Å². The minimum atomic E-state index is -0.518. The van der Waals surface area contributed by atoms with Crippen molar-refractivity contribution in [2.75, 3.05) is 5.32 Å². The molecule has 4 rings (SSSR count). The van der Waals surface area contributed by atoms with E-state index in [1.165, 1.54) is 30.0 Å². The number of anilines is 1. The van der Waals surface area contributed by atoms with Crippen molar-refractivity contribution < 1.29 is 9.72 Å². The van der Waals surface area contributed by atoms with Gasteiger partial charge >= 0.3 is 0 Å². The number of rotatable bonds is 5. The van der Waals surface area contributed by atoms with E-state index in [0.29, 0.717) is 22.3 Å². The molecule has 146 valence electrons. The van der Waals surface area contributed by atoms with Gasteiger partial charge in [0.05, 0.1) is 15.7 Å². The van der Waals surface area contributed by atoms with Crippen LogP contribution in [0, 0.1) is 17.0 Å². The average molecular weight is 408 g/mol. The van der Waals surface area contributed by atoms with E-state index in [2.05, 4.69) is 20.4 Å². The van der Waals surface area contributed by atoms with Crippen molar-refractivity contribution >= 4 is 45.6 Å². The van der Waals surface area contributed by atoms with Crippen LogP contribution in [0.2, 0.25) is 0 Å². The summed E-state index contributed by atoms with van der Waals surface area (Å²) in [5.74, 6) is 0.314. The van der Waals surface area contributed by atoms with Crippen LogP contribution in [-0.2, 0) is 4.79 Å². The number of benzene rings is 2. The van der Waals surface area contributed by atoms with Crippen LogP contribution in [0.4, 0.5) is 11.4 Å². The number of nitro benzene ring substituents is 1. The Kier molecular flexibility index (Phi) is 4.85. The van der Waals surface area contributed by atoms with E-state index in [4.69, 9.17) is 0 Å². The van der Waals surface area contributed by atoms with E-state index in [-0.39, 0.29) is 11.6 Å². The number of carbonyl (C=O) groups excluding carboxylic acids is 1.